The summed E-state index contributed by atoms with van der Waals surface area (Å²) in [5.41, 5.74) is 0.996. The second-order valence-electron chi connectivity index (χ2n) is 6.99. The van der Waals surface area contributed by atoms with Gasteiger partial charge in [-0.3, -0.25) is 0 Å². The van der Waals surface area contributed by atoms with Crippen molar-refractivity contribution in [1.29, 1.82) is 0 Å². The van der Waals surface area contributed by atoms with E-state index < -0.39 is 6.03 Å². The Morgan fingerprint density at radius 3 is 2.20 bits per heavy atom. The van der Waals surface area contributed by atoms with Crippen molar-refractivity contribution >= 4 is 29.2 Å². The summed E-state index contributed by atoms with van der Waals surface area (Å²) in [4.78, 5) is 25.7. The molecule has 2 aromatic rings. The van der Waals surface area contributed by atoms with Gasteiger partial charge in [0.1, 0.15) is 5.69 Å². The Labute approximate surface area is 176 Å². The number of nitrogens with one attached hydrogen (secondary N) is 2. The predicted molar refractivity (Wildman–Crippen MR) is 117 cm³/mol. The van der Waals surface area contributed by atoms with E-state index in [-0.39, 0.29) is 0 Å². The van der Waals surface area contributed by atoms with Gasteiger partial charge in [0.15, 0.2) is 17.3 Å². The van der Waals surface area contributed by atoms with Crippen molar-refractivity contribution in [2.75, 3.05) is 68.9 Å². The van der Waals surface area contributed by atoms with Gasteiger partial charge < -0.3 is 34.6 Å². The number of methoxy groups -OCH3 is 3. The number of hydrogen-bond acceptors (Lipinski definition) is 8. The molecule has 1 fully saturated rings. The molecule has 162 valence electrons. The summed E-state index contributed by atoms with van der Waals surface area (Å²) in [5.74, 6) is 2.64. The quantitative estimate of drug-likeness (QED) is 0.711. The number of amides is 2. The first-order chi connectivity index (χ1) is 14.5. The molecular formula is C20H28N6O4. The molecule has 0 radical (unpaired) electrons. The fourth-order valence-corrected chi connectivity index (χ4v) is 3.30. The van der Waals surface area contributed by atoms with E-state index in [4.69, 9.17) is 14.2 Å². The predicted octanol–water partition coefficient (Wildman–Crippen LogP) is 2.81. The summed E-state index contributed by atoms with van der Waals surface area (Å²) >= 11 is 0. The topological polar surface area (TPSA) is 101 Å². The van der Waals surface area contributed by atoms with E-state index >= 15 is 0 Å². The molecule has 2 N–H and O–H groups in total. The van der Waals surface area contributed by atoms with Crippen LogP contribution in [0.15, 0.2) is 18.3 Å². The van der Waals surface area contributed by atoms with Crippen molar-refractivity contribution < 1.29 is 19.0 Å². The number of nitrogens with zero attached hydrogens (tertiary/aromatic N) is 4. The monoisotopic (exact) mass is 416 g/mol. The lowest BCUT2D eigenvalue weighted by molar-refractivity contribution is 0.262. The minimum atomic E-state index is -0.440. The largest absolute Gasteiger partial charge is 0.493 e. The van der Waals surface area contributed by atoms with Crippen molar-refractivity contribution in [1.82, 2.24) is 9.97 Å². The Morgan fingerprint density at radius 2 is 1.67 bits per heavy atom. The van der Waals surface area contributed by atoms with E-state index in [2.05, 4.69) is 25.5 Å². The van der Waals surface area contributed by atoms with Gasteiger partial charge in [0.25, 0.3) is 0 Å². The van der Waals surface area contributed by atoms with Crippen molar-refractivity contribution in [3.63, 3.8) is 0 Å². The number of benzene rings is 1. The molecular weight excluding hydrogens is 388 g/mol. The van der Waals surface area contributed by atoms with E-state index in [1.54, 1.807) is 18.3 Å². The van der Waals surface area contributed by atoms with Crippen molar-refractivity contribution in [2.24, 2.45) is 0 Å². The number of ether oxygens (including phenoxy) is 3. The van der Waals surface area contributed by atoms with Crippen LogP contribution in [-0.2, 0) is 0 Å². The lowest BCUT2D eigenvalue weighted by Gasteiger charge is -2.21. The maximum absolute atomic E-state index is 12.6. The average molecular weight is 416 g/mol. The third-order valence-electron chi connectivity index (χ3n) is 4.74. The molecule has 10 nitrogen and oxygen atoms in total. The van der Waals surface area contributed by atoms with Crippen LogP contribution in [0.5, 0.6) is 17.2 Å². The molecule has 0 bridgehead atoms. The van der Waals surface area contributed by atoms with Gasteiger partial charge in [-0.05, 0) is 12.8 Å². The number of aromatic nitrogens is 2. The van der Waals surface area contributed by atoms with Gasteiger partial charge in [-0.15, -0.1) is 0 Å². The van der Waals surface area contributed by atoms with Gasteiger partial charge in [0.05, 0.1) is 33.2 Å². The Bertz CT molecular complexity index is 874. The molecule has 3 rings (SSSR count). The molecule has 0 spiro atoms. The fourth-order valence-electron chi connectivity index (χ4n) is 3.30. The molecule has 0 saturated carbocycles. The molecule has 30 heavy (non-hydrogen) atoms. The number of urea groups is 1. The van der Waals surface area contributed by atoms with Crippen molar-refractivity contribution in [3.05, 3.63) is 18.3 Å². The molecule has 1 aromatic carbocycles. The Kier molecular flexibility index (Phi) is 6.65. The number of rotatable bonds is 7. The smallest absolute Gasteiger partial charge is 0.323 e. The summed E-state index contributed by atoms with van der Waals surface area (Å²) in [6, 6.07) is 2.87. The second-order valence-corrected chi connectivity index (χ2v) is 6.99. The first-order valence-corrected chi connectivity index (χ1v) is 9.64. The van der Waals surface area contributed by atoms with Crippen molar-refractivity contribution in [3.8, 4) is 17.2 Å². The SMILES string of the molecule is COc1cc(NC(=O)Nc2cnc(N3CCCC3)nc2N(C)C)cc(OC)c1OC. The standard InChI is InChI=1S/C20H28N6O4/c1-25(2)18-14(12-21-19(24-18)26-8-6-7-9-26)23-20(27)22-13-10-15(28-3)17(30-5)16(11-13)29-4/h10-12H,6-9H2,1-5H3,(H2,22,23,27). The number of anilines is 4. The number of hydrogen-bond donors (Lipinski definition) is 2. The maximum Gasteiger partial charge on any atom is 0.323 e. The zero-order chi connectivity index (χ0) is 21.7. The highest BCUT2D eigenvalue weighted by atomic mass is 16.5. The van der Waals surface area contributed by atoms with Gasteiger partial charge in [0.2, 0.25) is 11.7 Å². The van der Waals surface area contributed by atoms with E-state index in [1.165, 1.54) is 21.3 Å². The molecule has 1 aliphatic heterocycles. The van der Waals surface area contributed by atoms with E-state index in [1.807, 2.05) is 19.0 Å². The maximum atomic E-state index is 12.6. The van der Waals surface area contributed by atoms with Gasteiger partial charge in [-0.2, -0.15) is 4.98 Å². The molecule has 0 unspecified atom stereocenters. The zero-order valence-electron chi connectivity index (χ0n) is 18.0. The molecule has 1 saturated heterocycles. The first kappa shape index (κ1) is 21.3. The van der Waals surface area contributed by atoms with Crippen LogP contribution >= 0.6 is 0 Å². The Hall–Kier alpha value is -3.43. The number of carbonyl (C=O) groups is 1. The summed E-state index contributed by atoms with van der Waals surface area (Å²) < 4.78 is 16.0. The summed E-state index contributed by atoms with van der Waals surface area (Å²) in [7, 11) is 8.30. The third kappa shape index (κ3) is 4.58. The Morgan fingerprint density at radius 1 is 1.03 bits per heavy atom. The highest BCUT2D eigenvalue weighted by Gasteiger charge is 2.19. The van der Waals surface area contributed by atoms with Crippen LogP contribution in [0.1, 0.15) is 12.8 Å². The van der Waals surface area contributed by atoms with Crippen LogP contribution in [0, 0.1) is 0 Å². The van der Waals surface area contributed by atoms with Crippen molar-refractivity contribution in [2.45, 2.75) is 12.8 Å². The van der Waals surface area contributed by atoms with Gasteiger partial charge in [-0.1, -0.05) is 0 Å². The number of carbonyl (C=O) groups excluding carboxylic acids is 1. The molecule has 1 aliphatic rings. The minimum absolute atomic E-state index is 0.440. The van der Waals surface area contributed by atoms with E-state index in [0.29, 0.717) is 40.4 Å². The molecule has 0 aliphatic carbocycles. The second kappa shape index (κ2) is 9.38. The van der Waals surface area contributed by atoms with Crippen LogP contribution in [0.4, 0.5) is 27.9 Å². The van der Waals surface area contributed by atoms with Crippen LogP contribution in [0.2, 0.25) is 0 Å². The van der Waals surface area contributed by atoms with Gasteiger partial charge in [-0.25, -0.2) is 9.78 Å². The highest BCUT2D eigenvalue weighted by Crippen LogP contribution is 2.40. The van der Waals surface area contributed by atoms with E-state index in [0.717, 1.165) is 25.9 Å². The third-order valence-corrected chi connectivity index (χ3v) is 4.74. The van der Waals surface area contributed by atoms with Crippen LogP contribution in [-0.4, -0.2) is 64.5 Å². The van der Waals surface area contributed by atoms with Crippen LogP contribution in [0.25, 0.3) is 0 Å². The molecule has 2 heterocycles. The fraction of sp³-hybridized carbons (Fsp3) is 0.450. The first-order valence-electron chi connectivity index (χ1n) is 9.64. The highest BCUT2D eigenvalue weighted by molar-refractivity contribution is 6.01. The summed E-state index contributed by atoms with van der Waals surface area (Å²) in [5, 5.41) is 5.59. The minimum Gasteiger partial charge on any atom is -0.493 e. The van der Waals surface area contributed by atoms with Gasteiger partial charge in [0, 0.05) is 39.3 Å². The normalized spacial score (nSPS) is 13.0. The molecule has 10 heteroatoms. The van der Waals surface area contributed by atoms with Crippen LogP contribution < -0.4 is 34.6 Å². The molecule has 2 amide bonds. The summed E-state index contributed by atoms with van der Waals surface area (Å²) in [6.07, 6.45) is 3.90. The molecule has 1 aromatic heterocycles. The Balaban J connectivity index is 1.79. The van der Waals surface area contributed by atoms with Crippen LogP contribution in [0.3, 0.4) is 0 Å². The average Bonchev–Trinajstić information content (AvgIpc) is 3.27. The zero-order valence-corrected chi connectivity index (χ0v) is 18.0. The van der Waals surface area contributed by atoms with Gasteiger partial charge >= 0.3 is 6.03 Å². The lowest BCUT2D eigenvalue weighted by atomic mass is 10.2. The summed E-state index contributed by atoms with van der Waals surface area (Å²) in [6.45, 7) is 1.89. The lowest BCUT2D eigenvalue weighted by Crippen LogP contribution is -2.25. The van der Waals surface area contributed by atoms with E-state index in [9.17, 15) is 4.79 Å². The molecule has 0 atom stereocenters.